The van der Waals surface area contributed by atoms with Crippen LogP contribution in [-0.2, 0) is 6.42 Å². The number of fused-ring (bicyclic) bond motifs is 1. The van der Waals surface area contributed by atoms with E-state index in [0.29, 0.717) is 11.9 Å². The highest BCUT2D eigenvalue weighted by Crippen LogP contribution is 2.40. The van der Waals surface area contributed by atoms with Crippen LogP contribution < -0.4 is 16.0 Å². The molecule has 1 aromatic heterocycles. The van der Waals surface area contributed by atoms with Crippen molar-refractivity contribution in [1.29, 1.82) is 0 Å². The molecule has 2 fully saturated rings. The smallest absolute Gasteiger partial charge is 0.222 e. The zero-order valence-electron chi connectivity index (χ0n) is 17.3. The highest BCUT2D eigenvalue weighted by atomic mass is 15.2. The number of nitrogen functional groups attached to an aromatic ring is 1. The molecule has 0 amide bonds. The second-order valence-corrected chi connectivity index (χ2v) is 9.04. The summed E-state index contributed by atoms with van der Waals surface area (Å²) in [5.74, 6) is 3.68. The van der Waals surface area contributed by atoms with Crippen LogP contribution in [0.25, 0.3) is 0 Å². The van der Waals surface area contributed by atoms with Crippen molar-refractivity contribution in [2.45, 2.75) is 50.9 Å². The Balaban J connectivity index is 1.38. The average Bonchev–Trinajstić information content (AvgIpc) is 2.79. The van der Waals surface area contributed by atoms with E-state index in [1.54, 1.807) is 0 Å². The Hall–Kier alpha value is -2.14. The second kappa shape index (κ2) is 8.31. The van der Waals surface area contributed by atoms with E-state index in [-0.39, 0.29) is 0 Å². The van der Waals surface area contributed by atoms with E-state index in [1.165, 1.54) is 62.0 Å². The van der Waals surface area contributed by atoms with Crippen molar-refractivity contribution >= 4 is 11.8 Å². The van der Waals surface area contributed by atoms with Crippen LogP contribution in [0.1, 0.15) is 61.3 Å². The number of hydrogen-bond acceptors (Lipinski definition) is 5. The van der Waals surface area contributed by atoms with Gasteiger partial charge in [-0.3, -0.25) is 0 Å². The molecule has 0 spiro atoms. The molecule has 1 aliphatic carbocycles. The molecule has 1 atom stereocenters. The fraction of sp³-hybridized carbons (Fsp3) is 0.583. The summed E-state index contributed by atoms with van der Waals surface area (Å²) in [6.45, 7) is 4.60. The van der Waals surface area contributed by atoms with Crippen LogP contribution in [0.2, 0.25) is 0 Å². The van der Waals surface area contributed by atoms with Crippen LogP contribution in [0, 0.1) is 11.8 Å². The van der Waals surface area contributed by atoms with Crippen LogP contribution in [0.3, 0.4) is 0 Å². The predicted octanol–water partition coefficient (Wildman–Crippen LogP) is 3.74. The fourth-order valence-corrected chi connectivity index (χ4v) is 5.82. The lowest BCUT2D eigenvalue weighted by Gasteiger charge is -2.39. The molecule has 3 N–H and O–H groups in total. The number of piperidine rings is 2. The molecule has 5 rings (SSSR count). The molecule has 3 aliphatic rings. The van der Waals surface area contributed by atoms with Gasteiger partial charge in [-0.05, 0) is 75.4 Å². The van der Waals surface area contributed by atoms with Crippen molar-refractivity contribution < 1.29 is 0 Å². The molecule has 2 aromatic rings. The maximum atomic E-state index is 6.22. The molecule has 0 bridgehead atoms. The van der Waals surface area contributed by atoms with Gasteiger partial charge in [0.2, 0.25) is 5.95 Å². The first-order valence-corrected chi connectivity index (χ1v) is 11.5. The van der Waals surface area contributed by atoms with Gasteiger partial charge >= 0.3 is 0 Å². The molecule has 2 saturated heterocycles. The first kappa shape index (κ1) is 18.9. The Morgan fingerprint density at radius 1 is 0.897 bits per heavy atom. The maximum absolute atomic E-state index is 6.22. The second-order valence-electron chi connectivity index (χ2n) is 9.04. The summed E-state index contributed by atoms with van der Waals surface area (Å²) in [5.41, 5.74) is 10.1. The van der Waals surface area contributed by atoms with Crippen LogP contribution >= 0.6 is 0 Å². The lowest BCUT2D eigenvalue weighted by atomic mass is 9.79. The van der Waals surface area contributed by atoms with Gasteiger partial charge in [-0.2, -0.15) is 4.98 Å². The van der Waals surface area contributed by atoms with Gasteiger partial charge in [0.05, 0.1) is 5.69 Å². The quantitative estimate of drug-likeness (QED) is 0.834. The third-order valence-electron chi connectivity index (χ3n) is 7.38. The minimum atomic E-state index is 0.344. The molecule has 0 saturated carbocycles. The van der Waals surface area contributed by atoms with Gasteiger partial charge in [0, 0.05) is 24.6 Å². The molecular formula is C24H33N5. The number of aromatic nitrogens is 2. The normalized spacial score (nSPS) is 23.7. The van der Waals surface area contributed by atoms with E-state index in [4.69, 9.17) is 15.7 Å². The number of anilines is 2. The van der Waals surface area contributed by atoms with Crippen LogP contribution in [-0.4, -0.2) is 36.1 Å². The Kier molecular flexibility index (Phi) is 5.40. The predicted molar refractivity (Wildman–Crippen MR) is 118 cm³/mol. The zero-order chi connectivity index (χ0) is 19.6. The number of nitrogens with two attached hydrogens (primary N) is 1. The summed E-state index contributed by atoms with van der Waals surface area (Å²) in [6.07, 6.45) is 8.67. The van der Waals surface area contributed by atoms with Gasteiger partial charge in [-0.15, -0.1) is 0 Å². The molecule has 1 unspecified atom stereocenters. The van der Waals surface area contributed by atoms with Gasteiger partial charge in [-0.25, -0.2) is 4.98 Å². The number of rotatable bonds is 3. The summed E-state index contributed by atoms with van der Waals surface area (Å²) >= 11 is 0. The SMILES string of the molecule is Nc1nc2c(c(N3CCC(C4CCNCC4)CC3)n1)CCCC2c1ccccc1. The third kappa shape index (κ3) is 3.85. The molecule has 1 aromatic carbocycles. The van der Waals surface area contributed by atoms with Crippen molar-refractivity contribution in [2.75, 3.05) is 36.8 Å². The first-order chi connectivity index (χ1) is 14.3. The van der Waals surface area contributed by atoms with Gasteiger partial charge in [-0.1, -0.05) is 30.3 Å². The number of nitrogens with one attached hydrogen (secondary N) is 1. The van der Waals surface area contributed by atoms with Crippen molar-refractivity contribution in [3.8, 4) is 0 Å². The molecular weight excluding hydrogens is 358 g/mol. The molecule has 29 heavy (non-hydrogen) atoms. The average molecular weight is 392 g/mol. The number of hydrogen-bond donors (Lipinski definition) is 2. The molecule has 5 heteroatoms. The van der Waals surface area contributed by atoms with E-state index < -0.39 is 0 Å². The minimum Gasteiger partial charge on any atom is -0.368 e. The monoisotopic (exact) mass is 391 g/mol. The first-order valence-electron chi connectivity index (χ1n) is 11.5. The summed E-state index contributed by atoms with van der Waals surface area (Å²) in [4.78, 5) is 12.0. The van der Waals surface area contributed by atoms with Gasteiger partial charge < -0.3 is 16.0 Å². The van der Waals surface area contributed by atoms with Gasteiger partial charge in [0.1, 0.15) is 5.82 Å². The number of benzene rings is 1. The summed E-state index contributed by atoms with van der Waals surface area (Å²) < 4.78 is 0. The van der Waals surface area contributed by atoms with E-state index in [1.807, 2.05) is 0 Å². The Labute approximate surface area is 174 Å². The topological polar surface area (TPSA) is 67.1 Å². The van der Waals surface area contributed by atoms with Crippen molar-refractivity contribution in [3.05, 3.63) is 47.2 Å². The highest BCUT2D eigenvalue weighted by molar-refractivity contribution is 5.55. The zero-order valence-corrected chi connectivity index (χ0v) is 17.3. The van der Waals surface area contributed by atoms with Crippen LogP contribution in [0.5, 0.6) is 0 Å². The van der Waals surface area contributed by atoms with Crippen molar-refractivity contribution in [2.24, 2.45) is 11.8 Å². The van der Waals surface area contributed by atoms with Crippen LogP contribution in [0.15, 0.2) is 30.3 Å². The fourth-order valence-electron chi connectivity index (χ4n) is 5.82. The molecule has 154 valence electrons. The minimum absolute atomic E-state index is 0.344. The summed E-state index contributed by atoms with van der Waals surface area (Å²) in [6, 6.07) is 10.8. The highest BCUT2D eigenvalue weighted by Gasteiger charge is 2.32. The van der Waals surface area contributed by atoms with E-state index >= 15 is 0 Å². The lowest BCUT2D eigenvalue weighted by Crippen LogP contribution is -2.40. The van der Waals surface area contributed by atoms with Gasteiger partial charge in [0.25, 0.3) is 0 Å². The summed E-state index contributed by atoms with van der Waals surface area (Å²) in [5, 5.41) is 3.51. The Morgan fingerprint density at radius 2 is 1.62 bits per heavy atom. The lowest BCUT2D eigenvalue weighted by molar-refractivity contribution is 0.221. The van der Waals surface area contributed by atoms with Crippen LogP contribution in [0.4, 0.5) is 11.8 Å². The van der Waals surface area contributed by atoms with Gasteiger partial charge in [0.15, 0.2) is 0 Å². The van der Waals surface area contributed by atoms with E-state index in [9.17, 15) is 0 Å². The Bertz CT molecular complexity index is 823. The third-order valence-corrected chi connectivity index (χ3v) is 7.38. The standard InChI is InChI=1S/C24H33N5/c25-24-27-22-20(19-5-2-1-3-6-19)7-4-8-21(22)23(28-24)29-15-11-18(12-16-29)17-9-13-26-14-10-17/h1-3,5-6,17-18,20,26H,4,7-16H2,(H2,25,27,28). The van der Waals surface area contributed by atoms with E-state index in [0.717, 1.165) is 43.6 Å². The molecule has 2 aliphatic heterocycles. The molecule has 0 radical (unpaired) electrons. The largest absolute Gasteiger partial charge is 0.368 e. The van der Waals surface area contributed by atoms with E-state index in [2.05, 4.69) is 40.5 Å². The molecule has 5 nitrogen and oxygen atoms in total. The summed E-state index contributed by atoms with van der Waals surface area (Å²) in [7, 11) is 0. The van der Waals surface area contributed by atoms with Crippen molar-refractivity contribution in [3.63, 3.8) is 0 Å². The molecule has 3 heterocycles. The maximum Gasteiger partial charge on any atom is 0.222 e. The Morgan fingerprint density at radius 3 is 2.38 bits per heavy atom. The van der Waals surface area contributed by atoms with Crippen molar-refractivity contribution in [1.82, 2.24) is 15.3 Å². The number of nitrogens with zero attached hydrogens (tertiary/aromatic N) is 3.